The number of aromatic nitrogens is 4. The number of amides is 1. The molecule has 0 atom stereocenters. The summed E-state index contributed by atoms with van der Waals surface area (Å²) in [5, 5.41) is 15.6. The fourth-order valence-electron chi connectivity index (χ4n) is 3.77. The first-order chi connectivity index (χ1) is 17.0. The predicted octanol–water partition coefficient (Wildman–Crippen LogP) is 7.04. The van der Waals surface area contributed by atoms with Gasteiger partial charge in [-0.25, -0.2) is 4.98 Å². The molecule has 0 aliphatic carbocycles. The fourth-order valence-corrected chi connectivity index (χ4v) is 6.29. The molecule has 0 bridgehead atoms. The van der Waals surface area contributed by atoms with Crippen molar-refractivity contribution in [2.75, 3.05) is 11.1 Å². The van der Waals surface area contributed by atoms with Gasteiger partial charge >= 0.3 is 0 Å². The molecule has 0 aliphatic heterocycles. The van der Waals surface area contributed by atoms with E-state index in [1.165, 1.54) is 26.9 Å². The minimum absolute atomic E-state index is 0.0720. The number of anilines is 1. The number of nitrogens with zero attached hydrogens (tertiary/aromatic N) is 4. The molecule has 0 saturated carbocycles. The largest absolute Gasteiger partial charge is 0.325 e. The van der Waals surface area contributed by atoms with Gasteiger partial charge in [0.15, 0.2) is 11.0 Å². The van der Waals surface area contributed by atoms with E-state index < -0.39 is 0 Å². The SMILES string of the molecule is CCCn1c(SCC(=O)Nc2ccc(-c3nc4ccc(C)cc4s3)cc2)nnc1-c1csc(C)c1. The van der Waals surface area contributed by atoms with E-state index in [9.17, 15) is 4.79 Å². The van der Waals surface area contributed by atoms with Gasteiger partial charge < -0.3 is 9.88 Å². The van der Waals surface area contributed by atoms with E-state index in [1.54, 1.807) is 22.7 Å². The molecule has 0 fully saturated rings. The second-order valence-electron chi connectivity index (χ2n) is 8.31. The van der Waals surface area contributed by atoms with Crippen LogP contribution in [0, 0.1) is 13.8 Å². The summed E-state index contributed by atoms with van der Waals surface area (Å²) in [6, 6.07) is 16.3. The Morgan fingerprint density at radius 1 is 1.06 bits per heavy atom. The molecule has 5 rings (SSSR count). The Labute approximate surface area is 216 Å². The lowest BCUT2D eigenvalue weighted by Gasteiger charge is -2.08. The van der Waals surface area contributed by atoms with E-state index in [-0.39, 0.29) is 11.7 Å². The number of thioether (sulfide) groups is 1. The van der Waals surface area contributed by atoms with E-state index in [0.717, 1.165) is 51.3 Å². The third-order valence-electron chi connectivity index (χ3n) is 5.44. The van der Waals surface area contributed by atoms with E-state index in [2.05, 4.69) is 70.5 Å². The first kappa shape index (κ1) is 23.7. The summed E-state index contributed by atoms with van der Waals surface area (Å²) >= 11 is 4.79. The molecule has 9 heteroatoms. The van der Waals surface area contributed by atoms with Crippen LogP contribution in [0.15, 0.2) is 59.1 Å². The maximum Gasteiger partial charge on any atom is 0.234 e. The second kappa shape index (κ2) is 10.3. The Balaban J connectivity index is 1.23. The van der Waals surface area contributed by atoms with Crippen LogP contribution in [0.1, 0.15) is 23.8 Å². The molecule has 35 heavy (non-hydrogen) atoms. The first-order valence-corrected chi connectivity index (χ1v) is 14.1. The number of rotatable bonds is 8. The van der Waals surface area contributed by atoms with Gasteiger partial charge in [-0.1, -0.05) is 24.8 Å². The van der Waals surface area contributed by atoms with Crippen LogP contribution in [-0.2, 0) is 11.3 Å². The maximum absolute atomic E-state index is 12.6. The Kier molecular flexibility index (Phi) is 6.99. The van der Waals surface area contributed by atoms with Gasteiger partial charge in [0.1, 0.15) is 5.01 Å². The van der Waals surface area contributed by atoms with Gasteiger partial charge in [0.05, 0.1) is 16.0 Å². The molecule has 178 valence electrons. The van der Waals surface area contributed by atoms with Gasteiger partial charge in [0, 0.05) is 33.6 Å². The number of hydrogen-bond donors (Lipinski definition) is 1. The van der Waals surface area contributed by atoms with Crippen LogP contribution in [0.5, 0.6) is 0 Å². The second-order valence-corrected chi connectivity index (χ2v) is 11.4. The lowest BCUT2D eigenvalue weighted by Crippen LogP contribution is -2.14. The third-order valence-corrected chi connectivity index (χ3v) is 8.34. The molecule has 0 unspecified atom stereocenters. The zero-order chi connectivity index (χ0) is 24.4. The fraction of sp³-hybridized carbons (Fsp3) is 0.231. The number of thiazole rings is 1. The number of carbonyl (C=O) groups is 1. The predicted molar refractivity (Wildman–Crippen MR) is 148 cm³/mol. The number of hydrogen-bond acceptors (Lipinski definition) is 7. The van der Waals surface area contributed by atoms with Gasteiger partial charge in [-0.15, -0.1) is 32.9 Å². The standard InChI is InChI=1S/C26H25N5OS3/c1-4-11-31-24(19-13-17(3)33-14-19)29-30-26(31)34-15-23(32)27-20-8-6-18(7-9-20)25-28-21-10-5-16(2)12-22(21)35-25/h5-10,12-14H,4,11,15H2,1-3H3,(H,27,32). The van der Waals surface area contributed by atoms with Crippen LogP contribution in [0.4, 0.5) is 5.69 Å². The number of carbonyl (C=O) groups excluding carboxylic acids is 1. The highest BCUT2D eigenvalue weighted by Gasteiger charge is 2.16. The minimum Gasteiger partial charge on any atom is -0.325 e. The van der Waals surface area contributed by atoms with Crippen molar-refractivity contribution in [1.82, 2.24) is 19.7 Å². The molecule has 5 aromatic rings. The van der Waals surface area contributed by atoms with Gasteiger partial charge in [0.25, 0.3) is 0 Å². The van der Waals surface area contributed by atoms with Crippen LogP contribution in [0.25, 0.3) is 32.2 Å². The monoisotopic (exact) mass is 519 g/mol. The molecule has 3 heterocycles. The Bertz CT molecular complexity index is 1480. The van der Waals surface area contributed by atoms with Crippen LogP contribution in [-0.4, -0.2) is 31.4 Å². The quantitative estimate of drug-likeness (QED) is 0.223. The van der Waals surface area contributed by atoms with Crippen molar-refractivity contribution in [3.63, 3.8) is 0 Å². The molecule has 1 amide bonds. The van der Waals surface area contributed by atoms with Gasteiger partial charge in [0.2, 0.25) is 5.91 Å². The zero-order valence-electron chi connectivity index (χ0n) is 19.7. The smallest absolute Gasteiger partial charge is 0.234 e. The molecule has 0 saturated heterocycles. The summed E-state index contributed by atoms with van der Waals surface area (Å²) in [7, 11) is 0. The van der Waals surface area contributed by atoms with E-state index >= 15 is 0 Å². The first-order valence-electron chi connectivity index (χ1n) is 11.4. The number of nitrogens with one attached hydrogen (secondary N) is 1. The molecule has 1 N–H and O–H groups in total. The van der Waals surface area contributed by atoms with Gasteiger partial charge in [-0.3, -0.25) is 4.79 Å². The van der Waals surface area contributed by atoms with Gasteiger partial charge in [-0.2, -0.15) is 0 Å². The van der Waals surface area contributed by atoms with E-state index in [1.807, 2.05) is 24.3 Å². The molecule has 0 aliphatic rings. The Morgan fingerprint density at radius 2 is 1.89 bits per heavy atom. The highest BCUT2D eigenvalue weighted by molar-refractivity contribution is 7.99. The van der Waals surface area contributed by atoms with Crippen LogP contribution in [0.3, 0.4) is 0 Å². The normalized spacial score (nSPS) is 11.3. The maximum atomic E-state index is 12.6. The van der Waals surface area contributed by atoms with Crippen molar-refractivity contribution < 1.29 is 4.79 Å². The number of thiophene rings is 1. The van der Waals surface area contributed by atoms with Gasteiger partial charge in [-0.05, 0) is 68.3 Å². The highest BCUT2D eigenvalue weighted by Crippen LogP contribution is 2.32. The molecular weight excluding hydrogens is 495 g/mol. The summed E-state index contributed by atoms with van der Waals surface area (Å²) in [5.74, 6) is 1.06. The summed E-state index contributed by atoms with van der Waals surface area (Å²) in [6.45, 7) is 7.11. The molecular formula is C26H25N5OS3. The zero-order valence-corrected chi connectivity index (χ0v) is 22.2. The highest BCUT2D eigenvalue weighted by atomic mass is 32.2. The lowest BCUT2D eigenvalue weighted by atomic mass is 10.2. The van der Waals surface area contributed by atoms with Crippen molar-refractivity contribution in [3.8, 4) is 22.0 Å². The third kappa shape index (κ3) is 5.32. The average molecular weight is 520 g/mol. The van der Waals surface area contributed by atoms with Crippen molar-refractivity contribution >= 4 is 56.2 Å². The van der Waals surface area contributed by atoms with Crippen molar-refractivity contribution in [1.29, 1.82) is 0 Å². The molecule has 6 nitrogen and oxygen atoms in total. The number of benzene rings is 2. The summed E-state index contributed by atoms with van der Waals surface area (Å²) in [6.07, 6.45) is 0.967. The van der Waals surface area contributed by atoms with Crippen LogP contribution < -0.4 is 5.32 Å². The topological polar surface area (TPSA) is 72.7 Å². The summed E-state index contributed by atoms with van der Waals surface area (Å²) in [5.41, 5.74) is 5.13. The van der Waals surface area contributed by atoms with E-state index in [4.69, 9.17) is 4.98 Å². The summed E-state index contributed by atoms with van der Waals surface area (Å²) < 4.78 is 3.29. The van der Waals surface area contributed by atoms with Crippen LogP contribution >= 0.6 is 34.4 Å². The summed E-state index contributed by atoms with van der Waals surface area (Å²) in [4.78, 5) is 18.6. The molecule has 3 aromatic heterocycles. The molecule has 2 aromatic carbocycles. The number of fused-ring (bicyclic) bond motifs is 1. The Morgan fingerprint density at radius 3 is 2.63 bits per heavy atom. The van der Waals surface area contributed by atoms with Crippen molar-refractivity contribution in [2.24, 2.45) is 0 Å². The van der Waals surface area contributed by atoms with Crippen molar-refractivity contribution in [3.05, 3.63) is 64.4 Å². The Hall–Kier alpha value is -3.01. The average Bonchev–Trinajstić information content (AvgIpc) is 3.56. The van der Waals surface area contributed by atoms with Crippen LogP contribution in [0.2, 0.25) is 0 Å². The van der Waals surface area contributed by atoms with Crippen molar-refractivity contribution in [2.45, 2.75) is 38.9 Å². The van der Waals surface area contributed by atoms with E-state index in [0.29, 0.717) is 0 Å². The molecule has 0 spiro atoms. The lowest BCUT2D eigenvalue weighted by molar-refractivity contribution is -0.113. The minimum atomic E-state index is -0.0720. The molecule has 0 radical (unpaired) electrons. The number of aryl methyl sites for hydroxylation is 2.